The molecule has 3 rings (SSSR count). The average molecular weight is 263 g/mol. The summed E-state index contributed by atoms with van der Waals surface area (Å²) in [5.74, 6) is 1.04. The summed E-state index contributed by atoms with van der Waals surface area (Å²) in [5, 5.41) is -0.0302. The highest BCUT2D eigenvalue weighted by molar-refractivity contribution is 6.20. The maximum Gasteiger partial charge on any atom is 0.127 e. The van der Waals surface area contributed by atoms with Gasteiger partial charge in [-0.1, -0.05) is 25.0 Å². The highest BCUT2D eigenvalue weighted by atomic mass is 35.5. The Balaban J connectivity index is 2.25. The Morgan fingerprint density at radius 1 is 1.33 bits per heavy atom. The minimum atomic E-state index is -0.0302. The van der Waals surface area contributed by atoms with Gasteiger partial charge in [-0.2, -0.15) is 0 Å². The molecule has 1 unspecified atom stereocenters. The summed E-state index contributed by atoms with van der Waals surface area (Å²) in [7, 11) is 0. The van der Waals surface area contributed by atoms with E-state index in [1.165, 1.54) is 36.8 Å². The molecular formula is C15H19ClN2. The van der Waals surface area contributed by atoms with Gasteiger partial charge in [0.05, 0.1) is 16.4 Å². The number of rotatable bonds is 2. The van der Waals surface area contributed by atoms with Crippen molar-refractivity contribution < 1.29 is 0 Å². The summed E-state index contributed by atoms with van der Waals surface area (Å²) in [6, 6.07) is 7.01. The number of aryl methyl sites for hydroxylation is 1. The molecule has 0 saturated heterocycles. The van der Waals surface area contributed by atoms with E-state index in [1.807, 2.05) is 6.92 Å². The van der Waals surface area contributed by atoms with Crippen LogP contribution in [-0.4, -0.2) is 9.55 Å². The normalized spacial score (nSPS) is 18.6. The lowest BCUT2D eigenvalue weighted by atomic mass is 10.2. The van der Waals surface area contributed by atoms with Crippen LogP contribution in [0.1, 0.15) is 55.4 Å². The van der Waals surface area contributed by atoms with Gasteiger partial charge in [0, 0.05) is 6.04 Å². The number of halogens is 1. The van der Waals surface area contributed by atoms with Gasteiger partial charge >= 0.3 is 0 Å². The van der Waals surface area contributed by atoms with Gasteiger partial charge < -0.3 is 4.57 Å². The molecule has 1 atom stereocenters. The first kappa shape index (κ1) is 12.0. The van der Waals surface area contributed by atoms with E-state index in [2.05, 4.69) is 29.7 Å². The van der Waals surface area contributed by atoms with Crippen LogP contribution >= 0.6 is 11.6 Å². The minimum absolute atomic E-state index is 0.0302. The molecule has 0 radical (unpaired) electrons. The first-order valence-electron chi connectivity index (χ1n) is 6.80. The van der Waals surface area contributed by atoms with E-state index in [1.54, 1.807) is 0 Å². The molecule has 18 heavy (non-hydrogen) atoms. The molecule has 1 aromatic carbocycles. The summed E-state index contributed by atoms with van der Waals surface area (Å²) < 4.78 is 2.40. The Hall–Kier alpha value is -1.02. The molecule has 0 bridgehead atoms. The number of hydrogen-bond acceptors (Lipinski definition) is 1. The number of alkyl halides is 1. The van der Waals surface area contributed by atoms with Crippen molar-refractivity contribution >= 4 is 22.6 Å². The third kappa shape index (κ3) is 1.83. The molecule has 1 aliphatic rings. The van der Waals surface area contributed by atoms with Gasteiger partial charge in [0.1, 0.15) is 5.82 Å². The maximum absolute atomic E-state index is 6.33. The third-order valence-electron chi connectivity index (χ3n) is 3.99. The summed E-state index contributed by atoms with van der Waals surface area (Å²) in [5.41, 5.74) is 3.61. The lowest BCUT2D eigenvalue weighted by Crippen LogP contribution is -2.09. The van der Waals surface area contributed by atoms with E-state index in [-0.39, 0.29) is 5.38 Å². The zero-order valence-corrected chi connectivity index (χ0v) is 11.7. The van der Waals surface area contributed by atoms with Crippen LogP contribution in [0, 0.1) is 6.92 Å². The van der Waals surface area contributed by atoms with E-state index in [9.17, 15) is 0 Å². The number of benzene rings is 1. The number of nitrogens with zero attached hydrogens (tertiary/aromatic N) is 2. The fourth-order valence-electron chi connectivity index (χ4n) is 3.10. The molecule has 2 aromatic rings. The van der Waals surface area contributed by atoms with Crippen molar-refractivity contribution in [2.75, 3.05) is 0 Å². The van der Waals surface area contributed by atoms with Crippen molar-refractivity contribution in [2.24, 2.45) is 0 Å². The van der Waals surface area contributed by atoms with Crippen LogP contribution in [0.15, 0.2) is 18.2 Å². The van der Waals surface area contributed by atoms with E-state index in [0.29, 0.717) is 6.04 Å². The van der Waals surface area contributed by atoms with E-state index < -0.39 is 0 Å². The first-order chi connectivity index (χ1) is 8.68. The summed E-state index contributed by atoms with van der Waals surface area (Å²) in [4.78, 5) is 4.79. The van der Waals surface area contributed by atoms with Crippen molar-refractivity contribution in [1.82, 2.24) is 9.55 Å². The third-order valence-corrected chi connectivity index (χ3v) is 4.19. The number of fused-ring (bicyclic) bond motifs is 1. The second-order valence-corrected chi connectivity index (χ2v) is 5.99. The van der Waals surface area contributed by atoms with Gasteiger partial charge in [0.2, 0.25) is 0 Å². The van der Waals surface area contributed by atoms with Gasteiger partial charge in [-0.25, -0.2) is 4.98 Å². The molecule has 1 fully saturated rings. The SMILES string of the molecule is Cc1cccc2c1nc(C(C)Cl)n2C1CCCC1. The molecule has 1 saturated carbocycles. The van der Waals surface area contributed by atoms with Gasteiger partial charge in [-0.15, -0.1) is 11.6 Å². The fraction of sp³-hybridized carbons (Fsp3) is 0.533. The minimum Gasteiger partial charge on any atom is -0.324 e. The van der Waals surface area contributed by atoms with Crippen molar-refractivity contribution in [2.45, 2.75) is 50.9 Å². The largest absolute Gasteiger partial charge is 0.324 e. The van der Waals surface area contributed by atoms with Gasteiger partial charge in [-0.05, 0) is 38.3 Å². The quantitative estimate of drug-likeness (QED) is 0.714. The lowest BCUT2D eigenvalue weighted by Gasteiger charge is -2.17. The fourth-order valence-corrected chi connectivity index (χ4v) is 3.26. The van der Waals surface area contributed by atoms with Crippen LogP contribution in [-0.2, 0) is 0 Å². The molecule has 0 spiro atoms. The zero-order valence-electron chi connectivity index (χ0n) is 11.0. The number of hydrogen-bond donors (Lipinski definition) is 0. The van der Waals surface area contributed by atoms with Crippen LogP contribution in [0.25, 0.3) is 11.0 Å². The van der Waals surface area contributed by atoms with Crippen LogP contribution in [0.3, 0.4) is 0 Å². The van der Waals surface area contributed by atoms with Crippen LogP contribution < -0.4 is 0 Å². The maximum atomic E-state index is 6.33. The van der Waals surface area contributed by atoms with Crippen molar-refractivity contribution in [3.05, 3.63) is 29.6 Å². The summed E-state index contributed by atoms with van der Waals surface area (Å²) in [6.07, 6.45) is 5.17. The van der Waals surface area contributed by atoms with Gasteiger partial charge in [-0.3, -0.25) is 0 Å². The van der Waals surface area contributed by atoms with Crippen molar-refractivity contribution in [1.29, 1.82) is 0 Å². The molecular weight excluding hydrogens is 244 g/mol. The molecule has 1 heterocycles. The Morgan fingerprint density at radius 3 is 2.72 bits per heavy atom. The molecule has 2 nitrogen and oxygen atoms in total. The van der Waals surface area contributed by atoms with E-state index in [0.717, 1.165) is 11.3 Å². The van der Waals surface area contributed by atoms with E-state index >= 15 is 0 Å². The number of aromatic nitrogens is 2. The van der Waals surface area contributed by atoms with Crippen molar-refractivity contribution in [3.63, 3.8) is 0 Å². The molecule has 96 valence electrons. The predicted molar refractivity (Wildman–Crippen MR) is 76.2 cm³/mol. The van der Waals surface area contributed by atoms with Gasteiger partial charge in [0.15, 0.2) is 0 Å². The molecule has 1 aliphatic carbocycles. The number of para-hydroxylation sites is 1. The Kier molecular flexibility index (Phi) is 3.06. The van der Waals surface area contributed by atoms with E-state index in [4.69, 9.17) is 16.6 Å². The van der Waals surface area contributed by atoms with Crippen LogP contribution in [0.4, 0.5) is 0 Å². The van der Waals surface area contributed by atoms with Crippen LogP contribution in [0.5, 0.6) is 0 Å². The smallest absolute Gasteiger partial charge is 0.127 e. The lowest BCUT2D eigenvalue weighted by molar-refractivity contribution is 0.510. The summed E-state index contributed by atoms with van der Waals surface area (Å²) in [6.45, 7) is 4.14. The molecule has 0 N–H and O–H groups in total. The first-order valence-corrected chi connectivity index (χ1v) is 7.23. The molecule has 1 aromatic heterocycles. The average Bonchev–Trinajstić information content (AvgIpc) is 2.94. The molecule has 3 heteroatoms. The Labute approximate surface area is 113 Å². The van der Waals surface area contributed by atoms with Gasteiger partial charge in [0.25, 0.3) is 0 Å². The number of imidazole rings is 1. The highest BCUT2D eigenvalue weighted by Gasteiger charge is 2.24. The van der Waals surface area contributed by atoms with Crippen molar-refractivity contribution in [3.8, 4) is 0 Å². The Bertz CT molecular complexity index is 565. The second kappa shape index (κ2) is 4.58. The second-order valence-electron chi connectivity index (χ2n) is 5.34. The molecule has 0 amide bonds. The standard InChI is InChI=1S/C15H19ClN2/c1-10-6-5-9-13-14(10)17-15(11(2)16)18(13)12-7-3-4-8-12/h5-6,9,11-12H,3-4,7-8H2,1-2H3. The summed E-state index contributed by atoms with van der Waals surface area (Å²) >= 11 is 6.33. The predicted octanol–water partition coefficient (Wildman–Crippen LogP) is 4.76. The van der Waals surface area contributed by atoms with Crippen LogP contribution in [0.2, 0.25) is 0 Å². The highest BCUT2D eigenvalue weighted by Crippen LogP contribution is 2.36. The zero-order chi connectivity index (χ0) is 12.7. The monoisotopic (exact) mass is 262 g/mol. The molecule has 0 aliphatic heterocycles. The topological polar surface area (TPSA) is 17.8 Å². The Morgan fingerprint density at radius 2 is 2.06 bits per heavy atom.